The standard InChI is InChI=1S/C17H17ClN2O2S/c1-12-7-16-14(9-15(12)18)13(8-17(21)22-16)10-23-6-2-4-20-5-3-19-11-20/h3,5,7-9,11H,2,4,6,10H2,1H3. The highest BCUT2D eigenvalue weighted by Gasteiger charge is 2.08. The molecule has 1 aromatic carbocycles. The topological polar surface area (TPSA) is 48.0 Å². The minimum absolute atomic E-state index is 0.312. The second-order valence-corrected chi connectivity index (χ2v) is 6.91. The molecule has 0 unspecified atom stereocenters. The maximum Gasteiger partial charge on any atom is 0.336 e. The summed E-state index contributed by atoms with van der Waals surface area (Å²) in [6.07, 6.45) is 6.63. The molecule has 0 saturated heterocycles. The Kier molecular flexibility index (Phi) is 5.08. The van der Waals surface area contributed by atoms with Crippen LogP contribution in [0.3, 0.4) is 0 Å². The van der Waals surface area contributed by atoms with Crippen LogP contribution in [0.5, 0.6) is 0 Å². The van der Waals surface area contributed by atoms with Crippen molar-refractivity contribution in [2.75, 3.05) is 5.75 Å². The Morgan fingerprint density at radius 1 is 1.35 bits per heavy atom. The van der Waals surface area contributed by atoms with Crippen LogP contribution in [-0.4, -0.2) is 15.3 Å². The third-order valence-corrected chi connectivity index (χ3v) is 5.13. The molecule has 0 bridgehead atoms. The normalized spacial score (nSPS) is 11.2. The molecular formula is C17H17ClN2O2S. The molecule has 0 amide bonds. The van der Waals surface area contributed by atoms with Crippen molar-refractivity contribution >= 4 is 34.3 Å². The minimum Gasteiger partial charge on any atom is -0.423 e. The Bertz CT molecular complexity index is 859. The van der Waals surface area contributed by atoms with Gasteiger partial charge in [-0.3, -0.25) is 0 Å². The average molecular weight is 349 g/mol. The van der Waals surface area contributed by atoms with Gasteiger partial charge < -0.3 is 8.98 Å². The molecule has 0 radical (unpaired) electrons. The maximum absolute atomic E-state index is 11.7. The zero-order valence-electron chi connectivity index (χ0n) is 12.8. The van der Waals surface area contributed by atoms with Gasteiger partial charge in [0.05, 0.1) is 6.33 Å². The number of halogens is 1. The summed E-state index contributed by atoms with van der Waals surface area (Å²) in [6.45, 7) is 2.86. The number of nitrogens with zero attached hydrogens (tertiary/aromatic N) is 2. The predicted molar refractivity (Wildman–Crippen MR) is 95.2 cm³/mol. The SMILES string of the molecule is Cc1cc2oc(=O)cc(CSCCCn3ccnc3)c2cc1Cl. The number of thioether (sulfide) groups is 1. The van der Waals surface area contributed by atoms with E-state index < -0.39 is 0 Å². The fraction of sp³-hybridized carbons (Fsp3) is 0.294. The Morgan fingerprint density at radius 3 is 3.00 bits per heavy atom. The predicted octanol–water partition coefficient (Wildman–Crippen LogP) is 4.27. The van der Waals surface area contributed by atoms with Crippen LogP contribution >= 0.6 is 23.4 Å². The molecule has 0 saturated carbocycles. The number of imidazole rings is 1. The van der Waals surface area contributed by atoms with Crippen molar-refractivity contribution in [2.45, 2.75) is 25.6 Å². The van der Waals surface area contributed by atoms with E-state index in [1.165, 1.54) is 0 Å². The van der Waals surface area contributed by atoms with Crippen molar-refractivity contribution in [3.63, 3.8) is 0 Å². The Morgan fingerprint density at radius 2 is 2.22 bits per heavy atom. The first-order valence-corrected chi connectivity index (χ1v) is 8.93. The van der Waals surface area contributed by atoms with Gasteiger partial charge in [-0.05, 0) is 42.4 Å². The number of rotatable bonds is 6. The van der Waals surface area contributed by atoms with Gasteiger partial charge >= 0.3 is 5.63 Å². The fourth-order valence-electron chi connectivity index (χ4n) is 2.42. The molecular weight excluding hydrogens is 332 g/mol. The lowest BCUT2D eigenvalue weighted by molar-refractivity contribution is 0.559. The number of hydrogen-bond acceptors (Lipinski definition) is 4. The minimum atomic E-state index is -0.312. The van der Waals surface area contributed by atoms with Crippen molar-refractivity contribution in [3.8, 4) is 0 Å². The van der Waals surface area contributed by atoms with Crippen molar-refractivity contribution in [2.24, 2.45) is 0 Å². The number of fused-ring (bicyclic) bond motifs is 1. The molecule has 4 nitrogen and oxygen atoms in total. The van der Waals surface area contributed by atoms with Crippen LogP contribution in [0.25, 0.3) is 11.0 Å². The van der Waals surface area contributed by atoms with Crippen molar-refractivity contribution in [1.29, 1.82) is 0 Å². The van der Waals surface area contributed by atoms with Gasteiger partial charge in [-0.15, -0.1) is 0 Å². The molecule has 2 aromatic heterocycles. The number of aryl methyl sites for hydroxylation is 2. The summed E-state index contributed by atoms with van der Waals surface area (Å²) in [5, 5.41) is 1.61. The van der Waals surface area contributed by atoms with Gasteiger partial charge in [0.2, 0.25) is 0 Å². The molecule has 0 N–H and O–H groups in total. The van der Waals surface area contributed by atoms with Crippen molar-refractivity contribution in [3.05, 3.63) is 63.5 Å². The van der Waals surface area contributed by atoms with Gasteiger partial charge in [0.1, 0.15) is 5.58 Å². The van der Waals surface area contributed by atoms with E-state index in [1.54, 1.807) is 24.0 Å². The van der Waals surface area contributed by atoms with Crippen LogP contribution in [0.1, 0.15) is 17.5 Å². The molecule has 0 spiro atoms. The van der Waals surface area contributed by atoms with Crippen molar-refractivity contribution in [1.82, 2.24) is 9.55 Å². The average Bonchev–Trinajstić information content (AvgIpc) is 3.02. The number of benzene rings is 1. The Labute approximate surface area is 143 Å². The van der Waals surface area contributed by atoms with E-state index in [0.29, 0.717) is 10.6 Å². The molecule has 6 heteroatoms. The molecule has 3 aromatic rings. The summed E-state index contributed by atoms with van der Waals surface area (Å²) >= 11 is 8.01. The highest BCUT2D eigenvalue weighted by molar-refractivity contribution is 7.98. The first kappa shape index (κ1) is 16.1. The number of hydrogen-bond donors (Lipinski definition) is 0. The first-order chi connectivity index (χ1) is 11.1. The monoisotopic (exact) mass is 348 g/mol. The van der Waals surface area contributed by atoms with E-state index in [4.69, 9.17) is 16.0 Å². The summed E-state index contributed by atoms with van der Waals surface area (Å²) in [6, 6.07) is 5.28. The zero-order valence-corrected chi connectivity index (χ0v) is 14.4. The van der Waals surface area contributed by atoms with Gasteiger partial charge in [0, 0.05) is 41.2 Å². The highest BCUT2D eigenvalue weighted by Crippen LogP contribution is 2.27. The summed E-state index contributed by atoms with van der Waals surface area (Å²) in [7, 11) is 0. The lowest BCUT2D eigenvalue weighted by Gasteiger charge is -2.07. The Hall–Kier alpha value is -1.72. The summed E-state index contributed by atoms with van der Waals surface area (Å²) in [5.41, 5.74) is 2.18. The Balaban J connectivity index is 1.67. The van der Waals surface area contributed by atoms with Gasteiger partial charge in [0.15, 0.2) is 0 Å². The van der Waals surface area contributed by atoms with Crippen LogP contribution in [0, 0.1) is 6.92 Å². The van der Waals surface area contributed by atoms with Gasteiger partial charge in [0.25, 0.3) is 0 Å². The summed E-state index contributed by atoms with van der Waals surface area (Å²) < 4.78 is 7.35. The molecule has 0 fully saturated rings. The molecule has 0 aliphatic heterocycles. The molecule has 120 valence electrons. The molecule has 3 rings (SSSR count). The second-order valence-electron chi connectivity index (χ2n) is 5.39. The van der Waals surface area contributed by atoms with Crippen LogP contribution < -0.4 is 5.63 Å². The third kappa shape index (κ3) is 3.98. The van der Waals surface area contributed by atoms with E-state index >= 15 is 0 Å². The van der Waals surface area contributed by atoms with Crippen LogP contribution in [0.4, 0.5) is 0 Å². The van der Waals surface area contributed by atoms with Crippen LogP contribution in [-0.2, 0) is 12.3 Å². The zero-order chi connectivity index (χ0) is 16.2. The third-order valence-electron chi connectivity index (χ3n) is 3.63. The van der Waals surface area contributed by atoms with Gasteiger partial charge in [-0.2, -0.15) is 11.8 Å². The van der Waals surface area contributed by atoms with E-state index in [2.05, 4.69) is 9.55 Å². The van der Waals surface area contributed by atoms with E-state index in [0.717, 1.165) is 41.0 Å². The quantitative estimate of drug-likeness (QED) is 0.493. The van der Waals surface area contributed by atoms with E-state index in [9.17, 15) is 4.79 Å². The van der Waals surface area contributed by atoms with Crippen LogP contribution in [0.2, 0.25) is 5.02 Å². The fourth-order valence-corrected chi connectivity index (χ4v) is 3.52. The molecule has 0 aliphatic rings. The van der Waals surface area contributed by atoms with Gasteiger partial charge in [-0.25, -0.2) is 9.78 Å². The van der Waals surface area contributed by atoms with E-state index in [1.807, 2.05) is 31.6 Å². The largest absolute Gasteiger partial charge is 0.423 e. The summed E-state index contributed by atoms with van der Waals surface area (Å²) in [5.74, 6) is 1.78. The lowest BCUT2D eigenvalue weighted by atomic mass is 10.1. The lowest BCUT2D eigenvalue weighted by Crippen LogP contribution is -2.01. The number of aromatic nitrogens is 2. The van der Waals surface area contributed by atoms with Crippen LogP contribution in [0.15, 0.2) is 46.1 Å². The first-order valence-electron chi connectivity index (χ1n) is 7.40. The summed E-state index contributed by atoms with van der Waals surface area (Å²) in [4.78, 5) is 15.8. The maximum atomic E-state index is 11.7. The molecule has 0 atom stereocenters. The van der Waals surface area contributed by atoms with E-state index in [-0.39, 0.29) is 5.63 Å². The smallest absolute Gasteiger partial charge is 0.336 e. The molecule has 2 heterocycles. The molecule has 0 aliphatic carbocycles. The second kappa shape index (κ2) is 7.23. The van der Waals surface area contributed by atoms with Gasteiger partial charge in [-0.1, -0.05) is 11.6 Å². The highest BCUT2D eigenvalue weighted by atomic mass is 35.5. The van der Waals surface area contributed by atoms with Crippen molar-refractivity contribution < 1.29 is 4.42 Å². The molecule has 23 heavy (non-hydrogen) atoms.